The molecule has 3 heteroatoms. The van der Waals surface area contributed by atoms with Crippen molar-refractivity contribution in [3.8, 4) is 0 Å². The zero-order valence-electron chi connectivity index (χ0n) is 15.2. The minimum absolute atomic E-state index is 0.155. The van der Waals surface area contributed by atoms with Crippen LogP contribution < -0.4 is 15.9 Å². The number of methoxy groups -OCH3 is 1. The Hall–Kier alpha value is -2.44. The summed E-state index contributed by atoms with van der Waals surface area (Å²) in [6.45, 7) is 1.97. The summed E-state index contributed by atoms with van der Waals surface area (Å²) >= 11 is 0. The number of hydrogen-bond donors (Lipinski definition) is 0. The molecule has 0 radical (unpaired) electrons. The highest BCUT2D eigenvalue weighted by Gasteiger charge is 2.47. The van der Waals surface area contributed by atoms with Gasteiger partial charge in [0.15, 0.2) is 0 Å². The van der Waals surface area contributed by atoms with Gasteiger partial charge in [0.05, 0.1) is 19.2 Å². The van der Waals surface area contributed by atoms with E-state index in [0.717, 1.165) is 6.16 Å². The van der Waals surface area contributed by atoms with Crippen molar-refractivity contribution < 1.29 is 9.53 Å². The molecule has 0 aliphatic rings. The van der Waals surface area contributed by atoms with Crippen LogP contribution in [-0.2, 0) is 9.53 Å². The highest BCUT2D eigenvalue weighted by Crippen LogP contribution is 2.56. The van der Waals surface area contributed by atoms with Crippen molar-refractivity contribution in [3.63, 3.8) is 0 Å². The molecule has 0 N–H and O–H groups in total. The van der Waals surface area contributed by atoms with Crippen LogP contribution in [-0.4, -0.2) is 19.2 Å². The fourth-order valence-electron chi connectivity index (χ4n) is 3.50. The van der Waals surface area contributed by atoms with Crippen molar-refractivity contribution in [2.75, 3.05) is 13.3 Å². The van der Waals surface area contributed by atoms with Crippen LogP contribution in [0.25, 0.3) is 0 Å². The fraction of sp³-hybridized carbons (Fsp3) is 0.174. The van der Waals surface area contributed by atoms with E-state index in [0.29, 0.717) is 0 Å². The first-order valence-corrected chi connectivity index (χ1v) is 10.8. The summed E-state index contributed by atoms with van der Waals surface area (Å²) in [6, 6.07) is 31.8. The van der Waals surface area contributed by atoms with E-state index < -0.39 is 7.26 Å². The van der Waals surface area contributed by atoms with Crippen molar-refractivity contribution in [2.45, 2.75) is 6.92 Å². The molecular formula is C23H24O2P+. The molecule has 2 nitrogen and oxygen atoms in total. The van der Waals surface area contributed by atoms with Gasteiger partial charge in [-0.2, -0.15) is 0 Å². The summed E-state index contributed by atoms with van der Waals surface area (Å²) in [5.74, 6) is -0.342. The molecule has 0 spiro atoms. The van der Waals surface area contributed by atoms with Crippen molar-refractivity contribution in [1.29, 1.82) is 0 Å². The van der Waals surface area contributed by atoms with E-state index in [4.69, 9.17) is 4.74 Å². The summed E-state index contributed by atoms with van der Waals surface area (Å²) < 4.78 is 5.04. The lowest BCUT2D eigenvalue weighted by atomic mass is 10.2. The molecule has 0 bridgehead atoms. The van der Waals surface area contributed by atoms with Gasteiger partial charge in [0.1, 0.15) is 23.2 Å². The lowest BCUT2D eigenvalue weighted by molar-refractivity contribution is -0.144. The molecule has 0 aliphatic heterocycles. The number of carbonyl (C=O) groups is 1. The van der Waals surface area contributed by atoms with Crippen molar-refractivity contribution in [2.24, 2.45) is 5.92 Å². The number of ether oxygens (including phenoxy) is 1. The van der Waals surface area contributed by atoms with Crippen LogP contribution in [0.4, 0.5) is 0 Å². The minimum atomic E-state index is -1.98. The standard InChI is InChI=1S/C23H24O2P/c1-19(23(24)25-2)18-26(20-12-6-3-7-13-20,21-14-8-4-9-15-21)22-16-10-5-11-17-22/h3-17,19H,18H2,1-2H3/q+1/t19-/m0/s1. The van der Waals surface area contributed by atoms with E-state index in [1.54, 1.807) is 0 Å². The van der Waals surface area contributed by atoms with Gasteiger partial charge in [-0.25, -0.2) is 0 Å². The zero-order valence-corrected chi connectivity index (χ0v) is 16.1. The van der Waals surface area contributed by atoms with Gasteiger partial charge in [-0.1, -0.05) is 54.6 Å². The smallest absolute Gasteiger partial charge is 0.312 e. The fourth-order valence-corrected chi connectivity index (χ4v) is 8.04. The number of carbonyl (C=O) groups excluding carboxylic acids is 1. The number of hydrogen-bond acceptors (Lipinski definition) is 2. The third-order valence-corrected chi connectivity index (χ3v) is 9.38. The Morgan fingerprint density at radius 2 is 1.12 bits per heavy atom. The van der Waals surface area contributed by atoms with Crippen molar-refractivity contribution >= 4 is 29.1 Å². The van der Waals surface area contributed by atoms with E-state index in [9.17, 15) is 4.79 Å². The second-order valence-corrected chi connectivity index (χ2v) is 9.96. The molecule has 132 valence electrons. The molecule has 3 rings (SSSR count). The number of benzene rings is 3. The second-order valence-electron chi connectivity index (χ2n) is 6.42. The maximum atomic E-state index is 12.3. The summed E-state index contributed by atoms with van der Waals surface area (Å²) in [7, 11) is -0.512. The van der Waals surface area contributed by atoms with E-state index >= 15 is 0 Å². The maximum absolute atomic E-state index is 12.3. The van der Waals surface area contributed by atoms with E-state index in [-0.39, 0.29) is 11.9 Å². The van der Waals surface area contributed by atoms with E-state index in [1.165, 1.54) is 23.0 Å². The van der Waals surface area contributed by atoms with Crippen molar-refractivity contribution in [1.82, 2.24) is 0 Å². The van der Waals surface area contributed by atoms with E-state index in [1.807, 2.05) is 25.1 Å². The van der Waals surface area contributed by atoms with Crippen LogP contribution in [0.1, 0.15) is 6.92 Å². The minimum Gasteiger partial charge on any atom is -0.469 e. The maximum Gasteiger partial charge on any atom is 0.312 e. The summed E-state index contributed by atoms with van der Waals surface area (Å²) in [6.07, 6.45) is 0.748. The molecule has 0 aliphatic carbocycles. The lowest BCUT2D eigenvalue weighted by Gasteiger charge is -2.29. The third kappa shape index (κ3) is 3.57. The van der Waals surface area contributed by atoms with Crippen LogP contribution in [0.15, 0.2) is 91.0 Å². The Morgan fingerprint density at radius 3 is 1.42 bits per heavy atom. The first-order valence-electron chi connectivity index (χ1n) is 8.81. The molecular weight excluding hydrogens is 339 g/mol. The molecule has 1 atom stereocenters. The van der Waals surface area contributed by atoms with Crippen LogP contribution >= 0.6 is 7.26 Å². The van der Waals surface area contributed by atoms with Gasteiger partial charge < -0.3 is 4.74 Å². The van der Waals surface area contributed by atoms with Crippen molar-refractivity contribution in [3.05, 3.63) is 91.0 Å². The highest BCUT2D eigenvalue weighted by molar-refractivity contribution is 7.95. The Labute approximate surface area is 156 Å². The van der Waals surface area contributed by atoms with Gasteiger partial charge in [-0.3, -0.25) is 4.79 Å². The highest BCUT2D eigenvalue weighted by atomic mass is 31.2. The first-order chi connectivity index (χ1) is 12.7. The molecule has 0 amide bonds. The molecule has 0 saturated heterocycles. The summed E-state index contributed by atoms with van der Waals surface area (Å²) in [4.78, 5) is 12.3. The Morgan fingerprint density at radius 1 is 0.769 bits per heavy atom. The van der Waals surface area contributed by atoms with Gasteiger partial charge in [-0.15, -0.1) is 0 Å². The monoisotopic (exact) mass is 363 g/mol. The Kier molecular flexibility index (Phi) is 5.85. The topological polar surface area (TPSA) is 26.3 Å². The van der Waals surface area contributed by atoms with Gasteiger partial charge in [0.2, 0.25) is 0 Å². The van der Waals surface area contributed by atoms with Crippen LogP contribution in [0.3, 0.4) is 0 Å². The molecule has 0 aromatic heterocycles. The normalized spacial score (nSPS) is 12.4. The zero-order chi connectivity index (χ0) is 18.4. The average Bonchev–Trinajstić information content (AvgIpc) is 2.73. The van der Waals surface area contributed by atoms with E-state index in [2.05, 4.69) is 72.8 Å². The Balaban J connectivity index is 2.26. The second kappa shape index (κ2) is 8.29. The first kappa shape index (κ1) is 18.4. The molecule has 0 heterocycles. The predicted octanol–water partition coefficient (Wildman–Crippen LogP) is 3.79. The van der Waals surface area contributed by atoms with Crippen LogP contribution in [0, 0.1) is 5.92 Å². The quantitative estimate of drug-likeness (QED) is 0.492. The molecule has 0 saturated carbocycles. The largest absolute Gasteiger partial charge is 0.469 e. The molecule has 3 aromatic carbocycles. The van der Waals surface area contributed by atoms with Gasteiger partial charge in [-0.05, 0) is 43.3 Å². The lowest BCUT2D eigenvalue weighted by Crippen LogP contribution is -2.36. The molecule has 0 fully saturated rings. The summed E-state index contributed by atoms with van der Waals surface area (Å²) in [5, 5.41) is 3.86. The third-order valence-electron chi connectivity index (χ3n) is 4.74. The Bertz CT molecular complexity index is 735. The van der Waals surface area contributed by atoms with Crippen LogP contribution in [0.2, 0.25) is 0 Å². The average molecular weight is 363 g/mol. The van der Waals surface area contributed by atoms with Gasteiger partial charge >= 0.3 is 5.97 Å². The predicted molar refractivity (Wildman–Crippen MR) is 111 cm³/mol. The summed E-state index contributed by atoms with van der Waals surface area (Å²) in [5.41, 5.74) is 0. The van der Waals surface area contributed by atoms with Crippen LogP contribution in [0.5, 0.6) is 0 Å². The molecule has 3 aromatic rings. The molecule has 0 unspecified atom stereocenters. The molecule has 26 heavy (non-hydrogen) atoms. The SMILES string of the molecule is COC(=O)[C@@H](C)C[P+](c1ccccc1)(c1ccccc1)c1ccccc1. The number of esters is 1. The van der Waals surface area contributed by atoms with Gasteiger partial charge in [0, 0.05) is 0 Å². The number of rotatable bonds is 6. The van der Waals surface area contributed by atoms with Gasteiger partial charge in [0.25, 0.3) is 0 Å².